The van der Waals surface area contributed by atoms with E-state index < -0.39 is 6.09 Å². The van der Waals surface area contributed by atoms with Crippen molar-refractivity contribution in [1.29, 1.82) is 0 Å². The van der Waals surface area contributed by atoms with Crippen molar-refractivity contribution in [1.82, 2.24) is 4.90 Å². The Morgan fingerprint density at radius 1 is 1.75 bits per heavy atom. The highest BCUT2D eigenvalue weighted by Gasteiger charge is 2.07. The third-order valence-electron chi connectivity index (χ3n) is 1.07. The van der Waals surface area contributed by atoms with E-state index in [1.807, 2.05) is 22.6 Å². The van der Waals surface area contributed by atoms with Crippen LogP contribution in [0.15, 0.2) is 0 Å². The number of carboxylic acid groups (broad SMARTS) is 1. The first-order valence-corrected chi connectivity index (χ1v) is 6.25. The van der Waals surface area contributed by atoms with Crippen LogP contribution in [-0.2, 0) is 21.5 Å². The average molecular weight is 317 g/mol. The second kappa shape index (κ2) is 7.76. The monoisotopic (exact) mass is 317 g/mol. The standard InChI is InChI=1S/C6H8INO2S2/c7-2-1-3-8(6(9)10)4-5-12-11/h12H,3-5H2,(H,9,10). The maximum Gasteiger partial charge on any atom is 0.408 e. The van der Waals surface area contributed by atoms with Crippen LogP contribution in [0, 0.1) is 9.85 Å². The van der Waals surface area contributed by atoms with Crippen LogP contribution in [0.25, 0.3) is 0 Å². The molecule has 0 rings (SSSR count). The van der Waals surface area contributed by atoms with Gasteiger partial charge in [-0.05, 0) is 3.93 Å². The maximum atomic E-state index is 10.5. The summed E-state index contributed by atoms with van der Waals surface area (Å²) in [6, 6.07) is 0. The van der Waals surface area contributed by atoms with E-state index in [1.165, 1.54) is 4.90 Å². The molecule has 0 aromatic carbocycles. The van der Waals surface area contributed by atoms with Gasteiger partial charge in [-0.1, -0.05) is 17.1 Å². The summed E-state index contributed by atoms with van der Waals surface area (Å²) < 4.78 is 2.62. The van der Waals surface area contributed by atoms with Gasteiger partial charge in [0, 0.05) is 34.9 Å². The van der Waals surface area contributed by atoms with Crippen LogP contribution >= 0.6 is 22.6 Å². The zero-order chi connectivity index (χ0) is 9.40. The van der Waals surface area contributed by atoms with Gasteiger partial charge >= 0.3 is 6.09 Å². The lowest BCUT2D eigenvalue weighted by Gasteiger charge is -2.13. The molecule has 3 nitrogen and oxygen atoms in total. The summed E-state index contributed by atoms with van der Waals surface area (Å²) >= 11 is 6.56. The smallest absolute Gasteiger partial charge is 0.408 e. The molecular weight excluding hydrogens is 309 g/mol. The number of rotatable bonds is 4. The lowest BCUT2D eigenvalue weighted by atomic mass is 10.5. The van der Waals surface area contributed by atoms with Crippen molar-refractivity contribution in [3.05, 3.63) is 0 Å². The summed E-state index contributed by atoms with van der Waals surface area (Å²) in [7, 11) is 0.793. The van der Waals surface area contributed by atoms with E-state index >= 15 is 0 Å². The summed E-state index contributed by atoms with van der Waals surface area (Å²) in [5.74, 6) is 3.37. The molecule has 0 unspecified atom stereocenters. The third kappa shape index (κ3) is 5.74. The first kappa shape index (κ1) is 12.1. The molecule has 0 aliphatic heterocycles. The zero-order valence-electron chi connectivity index (χ0n) is 6.16. The van der Waals surface area contributed by atoms with Gasteiger partial charge < -0.3 is 5.11 Å². The fourth-order valence-electron chi connectivity index (χ4n) is 0.529. The Labute approximate surface area is 93.3 Å². The quantitative estimate of drug-likeness (QED) is 0.454. The van der Waals surface area contributed by atoms with Gasteiger partial charge in [0.05, 0.1) is 6.54 Å². The van der Waals surface area contributed by atoms with Crippen LogP contribution in [0.4, 0.5) is 4.79 Å². The van der Waals surface area contributed by atoms with Gasteiger partial charge in [0.2, 0.25) is 0 Å². The number of amides is 1. The molecule has 0 spiro atoms. The van der Waals surface area contributed by atoms with Crippen LogP contribution < -0.4 is 0 Å². The van der Waals surface area contributed by atoms with Crippen molar-refractivity contribution >= 4 is 50.2 Å². The first-order valence-electron chi connectivity index (χ1n) is 3.08. The number of nitrogens with zero attached hydrogens (tertiary/aromatic N) is 1. The molecule has 0 fully saturated rings. The molecule has 0 atom stereocenters. The fourth-order valence-corrected chi connectivity index (χ4v) is 1.27. The van der Waals surface area contributed by atoms with Gasteiger partial charge in [-0.15, -0.1) is 10.3 Å². The van der Waals surface area contributed by atoms with Crippen molar-refractivity contribution in [2.24, 2.45) is 0 Å². The Kier molecular flexibility index (Phi) is 7.85. The molecule has 0 heterocycles. The van der Waals surface area contributed by atoms with Crippen molar-refractivity contribution in [2.45, 2.75) is 0 Å². The minimum atomic E-state index is -0.937. The fraction of sp³-hybridized carbons (Fsp3) is 0.500. The Balaban J connectivity index is 3.91. The Bertz CT molecular complexity index is 223. The number of carbonyl (C=O) groups is 1. The van der Waals surface area contributed by atoms with Gasteiger partial charge in [0.25, 0.3) is 0 Å². The molecular formula is C6H8INO2S2. The molecule has 0 radical (unpaired) electrons. The largest absolute Gasteiger partial charge is 0.465 e. The third-order valence-corrected chi connectivity index (χ3v) is 2.38. The molecule has 12 heavy (non-hydrogen) atoms. The van der Waals surface area contributed by atoms with Crippen LogP contribution in [0.1, 0.15) is 0 Å². The van der Waals surface area contributed by atoms with E-state index in [0.29, 0.717) is 12.3 Å². The molecule has 0 aliphatic carbocycles. The predicted molar refractivity (Wildman–Crippen MR) is 62.4 cm³/mol. The summed E-state index contributed by atoms with van der Waals surface area (Å²) in [6.07, 6.45) is -0.937. The average Bonchev–Trinajstić information content (AvgIpc) is 2.04. The van der Waals surface area contributed by atoms with E-state index in [-0.39, 0.29) is 6.54 Å². The van der Waals surface area contributed by atoms with Crippen LogP contribution in [0.3, 0.4) is 0 Å². The van der Waals surface area contributed by atoms with Crippen LogP contribution in [0.2, 0.25) is 0 Å². The summed E-state index contributed by atoms with van der Waals surface area (Å²) in [5.41, 5.74) is 0. The van der Waals surface area contributed by atoms with E-state index in [2.05, 4.69) is 21.0 Å². The second-order valence-electron chi connectivity index (χ2n) is 1.83. The molecule has 0 saturated heterocycles. The Morgan fingerprint density at radius 3 is 2.83 bits per heavy atom. The minimum Gasteiger partial charge on any atom is -0.465 e. The van der Waals surface area contributed by atoms with Crippen LogP contribution in [-0.4, -0.2) is 34.9 Å². The van der Waals surface area contributed by atoms with Gasteiger partial charge in [-0.3, -0.25) is 4.90 Å². The molecule has 1 N–H and O–H groups in total. The molecule has 1 amide bonds. The summed E-state index contributed by atoms with van der Waals surface area (Å²) in [4.78, 5) is 11.8. The van der Waals surface area contributed by atoms with Gasteiger partial charge in [-0.2, -0.15) is 0 Å². The normalized spacial score (nSPS) is 8.42. The minimum absolute atomic E-state index is 0.267. The number of halogens is 1. The van der Waals surface area contributed by atoms with Gasteiger partial charge in [0.1, 0.15) is 0 Å². The van der Waals surface area contributed by atoms with Crippen molar-refractivity contribution in [3.63, 3.8) is 0 Å². The highest BCUT2D eigenvalue weighted by atomic mass is 127. The number of hydrogen-bond donors (Lipinski definition) is 2. The summed E-state index contributed by atoms with van der Waals surface area (Å²) in [6.45, 7) is 0.731. The SMILES string of the molecule is O=C(O)N(CC#CI)CC[SH]=S. The first-order chi connectivity index (χ1) is 5.72. The van der Waals surface area contributed by atoms with Crippen molar-refractivity contribution < 1.29 is 9.90 Å². The molecule has 6 heteroatoms. The van der Waals surface area contributed by atoms with E-state index in [9.17, 15) is 4.79 Å². The van der Waals surface area contributed by atoms with E-state index in [1.54, 1.807) is 0 Å². The van der Waals surface area contributed by atoms with Crippen LogP contribution in [0.5, 0.6) is 0 Å². The predicted octanol–water partition coefficient (Wildman–Crippen LogP) is 0.639. The van der Waals surface area contributed by atoms with Gasteiger partial charge in [-0.25, -0.2) is 4.79 Å². The molecule has 0 aliphatic rings. The second-order valence-corrected chi connectivity index (χ2v) is 3.85. The Hall–Kier alpha value is 0.130. The van der Waals surface area contributed by atoms with E-state index in [4.69, 9.17) is 5.11 Å². The molecule has 0 aromatic heterocycles. The maximum absolute atomic E-state index is 10.5. The highest BCUT2D eigenvalue weighted by molar-refractivity contribution is 14.1. The van der Waals surface area contributed by atoms with Crippen molar-refractivity contribution in [2.75, 3.05) is 18.8 Å². The lowest BCUT2D eigenvalue weighted by molar-refractivity contribution is 0.154. The van der Waals surface area contributed by atoms with Crippen molar-refractivity contribution in [3.8, 4) is 9.85 Å². The van der Waals surface area contributed by atoms with E-state index in [0.717, 1.165) is 10.3 Å². The highest BCUT2D eigenvalue weighted by Crippen LogP contribution is 1.88. The Morgan fingerprint density at radius 2 is 2.42 bits per heavy atom. The summed E-state index contributed by atoms with van der Waals surface area (Å²) in [5, 5.41) is 8.65. The molecule has 68 valence electrons. The number of hydrogen-bond acceptors (Lipinski definition) is 2. The number of thiol groups is 1. The van der Waals surface area contributed by atoms with Gasteiger partial charge in [0.15, 0.2) is 0 Å². The lowest BCUT2D eigenvalue weighted by Crippen LogP contribution is -2.32. The molecule has 0 saturated carbocycles. The topological polar surface area (TPSA) is 40.5 Å². The molecule has 0 bridgehead atoms. The zero-order valence-corrected chi connectivity index (χ0v) is 10.0. The molecule has 0 aromatic rings.